The SMILES string of the molecule is CSCC(=O)N[C@H](CCC(=O)OC(C)(C)C)C(=O)O. The summed E-state index contributed by atoms with van der Waals surface area (Å²) in [4.78, 5) is 33.7. The Balaban J connectivity index is 4.26. The van der Waals surface area contributed by atoms with Crippen molar-refractivity contribution in [2.75, 3.05) is 12.0 Å². The second-order valence-corrected chi connectivity index (χ2v) is 5.88. The largest absolute Gasteiger partial charge is 0.480 e. The van der Waals surface area contributed by atoms with Crippen LogP contribution in [0.3, 0.4) is 0 Å². The number of carbonyl (C=O) groups excluding carboxylic acids is 2. The van der Waals surface area contributed by atoms with Crippen LogP contribution in [0.15, 0.2) is 0 Å². The van der Waals surface area contributed by atoms with Crippen LogP contribution < -0.4 is 5.32 Å². The summed E-state index contributed by atoms with van der Waals surface area (Å²) in [7, 11) is 0. The van der Waals surface area contributed by atoms with Gasteiger partial charge in [-0.05, 0) is 33.4 Å². The minimum Gasteiger partial charge on any atom is -0.480 e. The molecule has 0 unspecified atom stereocenters. The van der Waals surface area contributed by atoms with Crippen LogP contribution in [0.5, 0.6) is 0 Å². The van der Waals surface area contributed by atoms with Gasteiger partial charge in [-0.1, -0.05) is 0 Å². The van der Waals surface area contributed by atoms with Gasteiger partial charge in [0, 0.05) is 6.42 Å². The van der Waals surface area contributed by atoms with Gasteiger partial charge in [0.05, 0.1) is 5.75 Å². The summed E-state index contributed by atoms with van der Waals surface area (Å²) < 4.78 is 5.07. The van der Waals surface area contributed by atoms with E-state index in [1.165, 1.54) is 11.8 Å². The molecule has 0 aromatic heterocycles. The molecule has 6 nitrogen and oxygen atoms in total. The number of rotatable bonds is 7. The molecule has 0 heterocycles. The smallest absolute Gasteiger partial charge is 0.326 e. The molecule has 0 bridgehead atoms. The van der Waals surface area contributed by atoms with Crippen molar-refractivity contribution in [2.45, 2.75) is 45.3 Å². The fraction of sp³-hybridized carbons (Fsp3) is 0.750. The molecular weight excluding hydrogens is 270 g/mol. The number of carboxylic acid groups (broad SMARTS) is 1. The molecule has 0 aliphatic carbocycles. The number of nitrogens with one attached hydrogen (secondary N) is 1. The minimum atomic E-state index is -1.15. The Morgan fingerprint density at radius 2 is 1.89 bits per heavy atom. The molecule has 0 radical (unpaired) electrons. The second-order valence-electron chi connectivity index (χ2n) is 5.02. The first-order chi connectivity index (χ1) is 8.65. The van der Waals surface area contributed by atoms with E-state index < -0.39 is 23.6 Å². The van der Waals surface area contributed by atoms with Crippen LogP contribution in [0.25, 0.3) is 0 Å². The molecule has 0 aliphatic heterocycles. The molecule has 1 amide bonds. The number of hydrogen-bond acceptors (Lipinski definition) is 5. The summed E-state index contributed by atoms with van der Waals surface area (Å²) in [5.41, 5.74) is -0.599. The molecule has 0 aromatic carbocycles. The first-order valence-electron chi connectivity index (χ1n) is 5.88. The van der Waals surface area contributed by atoms with Crippen molar-refractivity contribution in [3.8, 4) is 0 Å². The molecule has 0 saturated heterocycles. The molecule has 0 fully saturated rings. The van der Waals surface area contributed by atoms with E-state index in [1.54, 1.807) is 27.0 Å². The third-order valence-corrected chi connectivity index (χ3v) is 2.52. The monoisotopic (exact) mass is 291 g/mol. The number of carbonyl (C=O) groups is 3. The van der Waals surface area contributed by atoms with Crippen LogP contribution in [-0.4, -0.2) is 46.6 Å². The number of aliphatic carboxylic acids is 1. The van der Waals surface area contributed by atoms with Crippen LogP contribution in [0.1, 0.15) is 33.6 Å². The van der Waals surface area contributed by atoms with E-state index in [-0.39, 0.29) is 24.5 Å². The third-order valence-electron chi connectivity index (χ3n) is 1.97. The number of thioether (sulfide) groups is 1. The highest BCUT2D eigenvalue weighted by atomic mass is 32.2. The average Bonchev–Trinajstić information content (AvgIpc) is 2.21. The molecule has 0 spiro atoms. The Morgan fingerprint density at radius 1 is 1.32 bits per heavy atom. The fourth-order valence-electron chi connectivity index (χ4n) is 1.28. The van der Waals surface area contributed by atoms with Crippen LogP contribution in [-0.2, 0) is 19.1 Å². The maximum absolute atomic E-state index is 11.5. The van der Waals surface area contributed by atoms with Crippen LogP contribution >= 0.6 is 11.8 Å². The average molecular weight is 291 g/mol. The van der Waals surface area contributed by atoms with Gasteiger partial charge in [0.25, 0.3) is 0 Å². The van der Waals surface area contributed by atoms with E-state index in [0.717, 1.165) is 0 Å². The first-order valence-corrected chi connectivity index (χ1v) is 7.28. The Kier molecular flexibility index (Phi) is 7.51. The predicted octanol–water partition coefficient (Wildman–Crippen LogP) is 1.04. The molecule has 1 atom stereocenters. The van der Waals surface area contributed by atoms with Gasteiger partial charge in [-0.3, -0.25) is 9.59 Å². The van der Waals surface area contributed by atoms with Crippen molar-refractivity contribution in [2.24, 2.45) is 0 Å². The molecule has 0 aromatic rings. The third kappa shape index (κ3) is 9.35. The summed E-state index contributed by atoms with van der Waals surface area (Å²) >= 11 is 1.30. The topological polar surface area (TPSA) is 92.7 Å². The number of amides is 1. The maximum atomic E-state index is 11.5. The molecule has 0 rings (SSSR count). The molecule has 7 heteroatoms. The lowest BCUT2D eigenvalue weighted by Crippen LogP contribution is -2.42. The Hall–Kier alpha value is -1.24. The predicted molar refractivity (Wildman–Crippen MR) is 73.0 cm³/mol. The highest BCUT2D eigenvalue weighted by Gasteiger charge is 2.23. The van der Waals surface area contributed by atoms with Crippen molar-refractivity contribution in [1.29, 1.82) is 0 Å². The lowest BCUT2D eigenvalue weighted by Gasteiger charge is -2.20. The second kappa shape index (κ2) is 8.04. The van der Waals surface area contributed by atoms with E-state index in [1.807, 2.05) is 0 Å². The lowest BCUT2D eigenvalue weighted by molar-refractivity contribution is -0.155. The van der Waals surface area contributed by atoms with E-state index in [2.05, 4.69) is 5.32 Å². The molecule has 0 saturated carbocycles. The zero-order valence-electron chi connectivity index (χ0n) is 11.7. The van der Waals surface area contributed by atoms with Gasteiger partial charge in [-0.2, -0.15) is 11.8 Å². The van der Waals surface area contributed by atoms with Gasteiger partial charge in [-0.25, -0.2) is 4.79 Å². The number of carboxylic acids is 1. The summed E-state index contributed by atoms with van der Waals surface area (Å²) in [5.74, 6) is -1.80. The van der Waals surface area contributed by atoms with Crippen LogP contribution in [0.2, 0.25) is 0 Å². The van der Waals surface area contributed by atoms with Crippen molar-refractivity contribution < 1.29 is 24.2 Å². The quantitative estimate of drug-likeness (QED) is 0.681. The standard InChI is InChI=1S/C12H21NO5S/c1-12(2,3)18-10(15)6-5-8(11(16)17)13-9(14)7-19-4/h8H,5-7H2,1-4H3,(H,13,14)(H,16,17)/t8-/m1/s1. The van der Waals surface area contributed by atoms with Gasteiger partial charge in [0.15, 0.2) is 0 Å². The van der Waals surface area contributed by atoms with Gasteiger partial charge in [0.2, 0.25) is 5.91 Å². The van der Waals surface area contributed by atoms with Gasteiger partial charge >= 0.3 is 11.9 Å². The molecule has 0 aliphatic rings. The number of ether oxygens (including phenoxy) is 1. The lowest BCUT2D eigenvalue weighted by atomic mass is 10.1. The van der Waals surface area contributed by atoms with E-state index in [0.29, 0.717) is 0 Å². The molecule has 2 N–H and O–H groups in total. The van der Waals surface area contributed by atoms with E-state index in [9.17, 15) is 14.4 Å². The minimum absolute atomic E-state index is 0.0182. The maximum Gasteiger partial charge on any atom is 0.326 e. The Morgan fingerprint density at radius 3 is 2.32 bits per heavy atom. The fourth-order valence-corrected chi connectivity index (χ4v) is 1.62. The van der Waals surface area contributed by atoms with E-state index >= 15 is 0 Å². The number of esters is 1. The summed E-state index contributed by atoms with van der Waals surface area (Å²) in [6.07, 6.45) is 1.72. The van der Waals surface area contributed by atoms with Crippen molar-refractivity contribution in [3.05, 3.63) is 0 Å². The van der Waals surface area contributed by atoms with Crippen LogP contribution in [0.4, 0.5) is 0 Å². The van der Waals surface area contributed by atoms with Gasteiger partial charge in [-0.15, -0.1) is 0 Å². The normalized spacial score (nSPS) is 12.6. The first kappa shape index (κ1) is 17.8. The zero-order valence-corrected chi connectivity index (χ0v) is 12.5. The van der Waals surface area contributed by atoms with Gasteiger partial charge in [0.1, 0.15) is 11.6 Å². The summed E-state index contributed by atoms with van der Waals surface area (Å²) in [5, 5.41) is 11.3. The summed E-state index contributed by atoms with van der Waals surface area (Å²) in [6, 6.07) is -1.06. The molecule has 19 heavy (non-hydrogen) atoms. The van der Waals surface area contributed by atoms with E-state index in [4.69, 9.17) is 9.84 Å². The van der Waals surface area contributed by atoms with Gasteiger partial charge < -0.3 is 15.2 Å². The Labute approximate surface area is 117 Å². The zero-order chi connectivity index (χ0) is 15.1. The molecule has 110 valence electrons. The number of hydrogen-bond donors (Lipinski definition) is 2. The molecular formula is C12H21NO5S. The van der Waals surface area contributed by atoms with Crippen LogP contribution in [0, 0.1) is 0 Å². The highest BCUT2D eigenvalue weighted by Crippen LogP contribution is 2.10. The Bertz CT molecular complexity index is 338. The highest BCUT2D eigenvalue weighted by molar-refractivity contribution is 7.99. The summed E-state index contributed by atoms with van der Waals surface area (Å²) in [6.45, 7) is 5.21. The van der Waals surface area contributed by atoms with Crippen molar-refractivity contribution >= 4 is 29.6 Å². The van der Waals surface area contributed by atoms with Crippen molar-refractivity contribution in [1.82, 2.24) is 5.32 Å². The van der Waals surface area contributed by atoms with Crippen molar-refractivity contribution in [3.63, 3.8) is 0 Å².